The highest BCUT2D eigenvalue weighted by atomic mass is 16.5. The molecule has 1 N–H and O–H groups in total. The topological polar surface area (TPSA) is 66.8 Å². The van der Waals surface area contributed by atoms with Gasteiger partial charge in [-0.05, 0) is 19.4 Å². The van der Waals surface area contributed by atoms with Crippen LogP contribution in [-0.4, -0.2) is 41.6 Å². The second-order valence-corrected chi connectivity index (χ2v) is 5.78. The van der Waals surface area contributed by atoms with Gasteiger partial charge in [0.1, 0.15) is 18.3 Å². The maximum Gasteiger partial charge on any atom is 0.311 e. The molecule has 0 aliphatic carbocycles. The number of aliphatic carboxylic acids is 1. The Kier molecular flexibility index (Phi) is 2.92. The van der Waals surface area contributed by atoms with Gasteiger partial charge in [0.15, 0.2) is 0 Å². The highest BCUT2D eigenvalue weighted by molar-refractivity contribution is 5.87. The quantitative estimate of drug-likeness (QED) is 0.888. The van der Waals surface area contributed by atoms with Gasteiger partial charge in [0.2, 0.25) is 5.91 Å². The Morgan fingerprint density at radius 2 is 2.15 bits per heavy atom. The number of hydrogen-bond acceptors (Lipinski definition) is 3. The molecule has 0 aromatic heterocycles. The molecule has 1 saturated heterocycles. The van der Waals surface area contributed by atoms with Crippen molar-refractivity contribution in [1.82, 2.24) is 4.90 Å². The highest BCUT2D eigenvalue weighted by Gasteiger charge is 2.44. The Balaban J connectivity index is 1.77. The van der Waals surface area contributed by atoms with Crippen molar-refractivity contribution in [2.24, 2.45) is 5.41 Å². The molecule has 0 spiro atoms. The molecule has 0 unspecified atom stereocenters. The fraction of sp³-hybridized carbons (Fsp3) is 0.467. The Morgan fingerprint density at radius 1 is 1.40 bits per heavy atom. The first kappa shape index (κ1) is 13.0. The van der Waals surface area contributed by atoms with Gasteiger partial charge < -0.3 is 14.7 Å². The van der Waals surface area contributed by atoms with E-state index in [0.29, 0.717) is 19.6 Å². The van der Waals surface area contributed by atoms with Gasteiger partial charge in [-0.1, -0.05) is 18.2 Å². The van der Waals surface area contributed by atoms with Crippen LogP contribution in [0.2, 0.25) is 0 Å². The van der Waals surface area contributed by atoms with E-state index in [1.165, 1.54) is 0 Å². The van der Waals surface area contributed by atoms with Crippen LogP contribution >= 0.6 is 0 Å². The number of hydrogen-bond donors (Lipinski definition) is 1. The molecule has 2 atom stereocenters. The first-order valence-corrected chi connectivity index (χ1v) is 6.75. The largest absolute Gasteiger partial charge is 0.492 e. The fourth-order valence-corrected chi connectivity index (χ4v) is 2.91. The number of rotatable bonds is 2. The predicted molar refractivity (Wildman–Crippen MR) is 71.6 cm³/mol. The Bertz CT molecular complexity index is 571. The van der Waals surface area contributed by atoms with Crippen LogP contribution in [-0.2, 0) is 9.59 Å². The molecule has 0 radical (unpaired) electrons. The van der Waals surface area contributed by atoms with E-state index in [0.717, 1.165) is 11.3 Å². The summed E-state index contributed by atoms with van der Waals surface area (Å²) in [6.45, 7) is 2.82. The van der Waals surface area contributed by atoms with Crippen LogP contribution in [0.4, 0.5) is 0 Å². The third-order valence-corrected chi connectivity index (χ3v) is 4.30. The van der Waals surface area contributed by atoms with Crippen molar-refractivity contribution in [3.8, 4) is 5.75 Å². The van der Waals surface area contributed by atoms with E-state index in [-0.39, 0.29) is 18.4 Å². The number of para-hydroxylation sites is 1. The predicted octanol–water partition coefficient (Wildman–Crippen LogP) is 1.49. The minimum atomic E-state index is -0.837. The lowest BCUT2D eigenvalue weighted by Gasteiger charge is -2.22. The van der Waals surface area contributed by atoms with Crippen molar-refractivity contribution in [1.29, 1.82) is 0 Å². The molecule has 2 heterocycles. The maximum absolute atomic E-state index is 12.6. The molecule has 5 nitrogen and oxygen atoms in total. The summed E-state index contributed by atoms with van der Waals surface area (Å²) in [6, 6.07) is 7.52. The lowest BCUT2D eigenvalue weighted by Crippen LogP contribution is -2.37. The third-order valence-electron chi connectivity index (χ3n) is 4.30. The zero-order valence-corrected chi connectivity index (χ0v) is 11.3. The number of ether oxygens (including phenoxy) is 1. The zero-order chi connectivity index (χ0) is 14.3. The van der Waals surface area contributed by atoms with Gasteiger partial charge in [-0.25, -0.2) is 0 Å². The molecule has 2 aliphatic rings. The van der Waals surface area contributed by atoms with E-state index in [2.05, 4.69) is 0 Å². The van der Waals surface area contributed by atoms with Crippen molar-refractivity contribution in [2.75, 3.05) is 19.7 Å². The van der Waals surface area contributed by atoms with E-state index in [1.54, 1.807) is 11.8 Å². The van der Waals surface area contributed by atoms with Crippen LogP contribution in [0.5, 0.6) is 5.75 Å². The number of carbonyl (C=O) groups is 2. The van der Waals surface area contributed by atoms with Gasteiger partial charge in [0.25, 0.3) is 0 Å². The van der Waals surface area contributed by atoms with Crippen LogP contribution in [0.25, 0.3) is 0 Å². The average molecular weight is 275 g/mol. The second-order valence-electron chi connectivity index (χ2n) is 5.78. The molecule has 2 aliphatic heterocycles. The van der Waals surface area contributed by atoms with E-state index >= 15 is 0 Å². The van der Waals surface area contributed by atoms with Crippen LogP contribution in [0.15, 0.2) is 24.3 Å². The number of amides is 1. The Hall–Kier alpha value is -2.04. The SMILES string of the molecule is C[C@@]1(C(=O)O)CCN(C(=O)[C@@H]2COc3ccccc32)C1. The standard InChI is InChI=1S/C15H17NO4/c1-15(14(18)19)6-7-16(9-15)13(17)11-8-20-12-5-3-2-4-10(11)12/h2-5,11H,6-9H2,1H3,(H,18,19)/t11-,15-/m1/s1. The molecule has 1 aromatic carbocycles. The maximum atomic E-state index is 12.6. The van der Waals surface area contributed by atoms with Gasteiger partial charge in [0.05, 0.1) is 5.41 Å². The number of nitrogens with zero attached hydrogens (tertiary/aromatic N) is 1. The number of carbonyl (C=O) groups excluding carboxylic acids is 1. The van der Waals surface area contributed by atoms with Gasteiger partial charge in [-0.15, -0.1) is 0 Å². The number of likely N-dealkylation sites (tertiary alicyclic amines) is 1. The van der Waals surface area contributed by atoms with Crippen LogP contribution in [0, 0.1) is 5.41 Å². The van der Waals surface area contributed by atoms with Gasteiger partial charge >= 0.3 is 5.97 Å². The first-order valence-electron chi connectivity index (χ1n) is 6.75. The number of benzene rings is 1. The number of carboxylic acids is 1. The van der Waals surface area contributed by atoms with Crippen LogP contribution < -0.4 is 4.74 Å². The summed E-state index contributed by atoms with van der Waals surface area (Å²) in [5.74, 6) is -0.413. The molecule has 0 bridgehead atoms. The van der Waals surface area contributed by atoms with E-state index in [9.17, 15) is 14.7 Å². The molecular weight excluding hydrogens is 258 g/mol. The summed E-state index contributed by atoms with van der Waals surface area (Å²) in [7, 11) is 0. The van der Waals surface area contributed by atoms with Crippen molar-refractivity contribution in [3.05, 3.63) is 29.8 Å². The zero-order valence-electron chi connectivity index (χ0n) is 11.3. The summed E-state index contributed by atoms with van der Waals surface area (Å²) >= 11 is 0. The molecule has 3 rings (SSSR count). The molecule has 20 heavy (non-hydrogen) atoms. The lowest BCUT2D eigenvalue weighted by atomic mass is 9.90. The summed E-state index contributed by atoms with van der Waals surface area (Å²) in [6.07, 6.45) is 0.503. The Labute approximate surface area is 117 Å². The molecule has 1 amide bonds. The summed E-state index contributed by atoms with van der Waals surface area (Å²) in [5.41, 5.74) is 0.0793. The number of fused-ring (bicyclic) bond motifs is 1. The molecule has 0 saturated carbocycles. The van der Waals surface area contributed by atoms with Crippen LogP contribution in [0.3, 0.4) is 0 Å². The summed E-state index contributed by atoms with van der Waals surface area (Å²) in [5, 5.41) is 9.23. The second kappa shape index (κ2) is 4.51. The van der Waals surface area contributed by atoms with E-state index in [1.807, 2.05) is 24.3 Å². The minimum Gasteiger partial charge on any atom is -0.492 e. The van der Waals surface area contributed by atoms with Gasteiger partial charge in [-0.3, -0.25) is 9.59 Å². The molecule has 106 valence electrons. The van der Waals surface area contributed by atoms with Crippen molar-refractivity contribution in [3.63, 3.8) is 0 Å². The Morgan fingerprint density at radius 3 is 2.85 bits per heavy atom. The monoisotopic (exact) mass is 275 g/mol. The van der Waals surface area contributed by atoms with Crippen molar-refractivity contribution >= 4 is 11.9 Å². The van der Waals surface area contributed by atoms with Gasteiger partial charge in [-0.2, -0.15) is 0 Å². The fourth-order valence-electron chi connectivity index (χ4n) is 2.91. The molecule has 1 aromatic rings. The molecule has 1 fully saturated rings. The lowest BCUT2D eigenvalue weighted by molar-refractivity contribution is -0.147. The van der Waals surface area contributed by atoms with Crippen LogP contribution in [0.1, 0.15) is 24.8 Å². The minimum absolute atomic E-state index is 0.0278. The summed E-state index contributed by atoms with van der Waals surface area (Å²) < 4.78 is 5.53. The summed E-state index contributed by atoms with van der Waals surface area (Å²) in [4.78, 5) is 25.5. The average Bonchev–Trinajstić information content (AvgIpc) is 3.03. The smallest absolute Gasteiger partial charge is 0.311 e. The van der Waals surface area contributed by atoms with Crippen molar-refractivity contribution in [2.45, 2.75) is 19.3 Å². The molecular formula is C15H17NO4. The van der Waals surface area contributed by atoms with Gasteiger partial charge in [0, 0.05) is 18.7 Å². The third kappa shape index (κ3) is 1.94. The normalized spacial score (nSPS) is 28.1. The highest BCUT2D eigenvalue weighted by Crippen LogP contribution is 2.37. The van der Waals surface area contributed by atoms with E-state index in [4.69, 9.17) is 4.74 Å². The first-order chi connectivity index (χ1) is 9.51. The van der Waals surface area contributed by atoms with E-state index < -0.39 is 11.4 Å². The molecule has 5 heteroatoms. The van der Waals surface area contributed by atoms with Crippen molar-refractivity contribution < 1.29 is 19.4 Å². The number of carboxylic acid groups (broad SMARTS) is 1.